The number of rotatable bonds is 6. The average Bonchev–Trinajstić information content (AvgIpc) is 2.28. The number of hydrogen-bond donors (Lipinski definition) is 1. The van der Waals surface area contributed by atoms with Gasteiger partial charge in [0.1, 0.15) is 0 Å². The Labute approximate surface area is 102 Å². The van der Waals surface area contributed by atoms with Crippen molar-refractivity contribution in [1.82, 2.24) is 10.2 Å². The summed E-state index contributed by atoms with van der Waals surface area (Å²) in [7, 11) is 4.40. The van der Waals surface area contributed by atoms with Crippen molar-refractivity contribution >= 4 is 0 Å². The van der Waals surface area contributed by atoms with E-state index in [1.807, 2.05) is 0 Å². The molecule has 0 radical (unpaired) electrons. The third kappa shape index (κ3) is 4.42. The summed E-state index contributed by atoms with van der Waals surface area (Å²) in [5.74, 6) is 0.931. The van der Waals surface area contributed by atoms with Gasteiger partial charge in [0.25, 0.3) is 0 Å². The van der Waals surface area contributed by atoms with E-state index in [2.05, 4.69) is 38.2 Å². The molecular weight excluding hydrogens is 196 g/mol. The standard InChI is InChI=1S/C14H30N2/c1-5-7-13(15-3)11-16(4)14-9-6-8-12(2)10-14/h12-15H,5-11H2,1-4H3. The fourth-order valence-electron chi connectivity index (χ4n) is 2.97. The van der Waals surface area contributed by atoms with Crippen LogP contribution in [0.1, 0.15) is 52.4 Å². The maximum absolute atomic E-state index is 3.44. The third-order valence-corrected chi connectivity index (χ3v) is 4.09. The van der Waals surface area contributed by atoms with Crippen molar-refractivity contribution in [3.8, 4) is 0 Å². The van der Waals surface area contributed by atoms with Crippen molar-refractivity contribution in [2.45, 2.75) is 64.5 Å². The quantitative estimate of drug-likeness (QED) is 0.749. The van der Waals surface area contributed by atoms with Crippen LogP contribution in [0.3, 0.4) is 0 Å². The highest BCUT2D eigenvalue weighted by molar-refractivity contribution is 4.79. The van der Waals surface area contributed by atoms with E-state index < -0.39 is 0 Å². The van der Waals surface area contributed by atoms with Crippen molar-refractivity contribution < 1.29 is 0 Å². The van der Waals surface area contributed by atoms with Crippen LogP contribution in [0.15, 0.2) is 0 Å². The topological polar surface area (TPSA) is 15.3 Å². The van der Waals surface area contributed by atoms with Gasteiger partial charge in [-0.3, -0.25) is 0 Å². The Balaban J connectivity index is 2.34. The van der Waals surface area contributed by atoms with Crippen LogP contribution in [0.5, 0.6) is 0 Å². The van der Waals surface area contributed by atoms with Crippen LogP contribution < -0.4 is 5.32 Å². The van der Waals surface area contributed by atoms with Gasteiger partial charge >= 0.3 is 0 Å². The van der Waals surface area contributed by atoms with Crippen LogP contribution in [0.4, 0.5) is 0 Å². The SMILES string of the molecule is CCCC(CN(C)C1CCCC(C)C1)NC. The van der Waals surface area contributed by atoms with Crippen molar-refractivity contribution in [2.75, 3.05) is 20.6 Å². The summed E-state index contributed by atoms with van der Waals surface area (Å²) in [5.41, 5.74) is 0. The predicted octanol–water partition coefficient (Wildman–Crippen LogP) is 2.89. The zero-order valence-electron chi connectivity index (χ0n) is 11.6. The number of nitrogens with one attached hydrogen (secondary N) is 1. The first-order valence-corrected chi connectivity index (χ1v) is 7.04. The fourth-order valence-corrected chi connectivity index (χ4v) is 2.97. The molecule has 0 spiro atoms. The van der Waals surface area contributed by atoms with Crippen LogP contribution in [-0.4, -0.2) is 37.6 Å². The van der Waals surface area contributed by atoms with Gasteiger partial charge in [0.15, 0.2) is 0 Å². The van der Waals surface area contributed by atoms with Crippen LogP contribution in [-0.2, 0) is 0 Å². The molecule has 0 saturated heterocycles. The van der Waals surface area contributed by atoms with E-state index >= 15 is 0 Å². The van der Waals surface area contributed by atoms with E-state index in [4.69, 9.17) is 0 Å². The summed E-state index contributed by atoms with van der Waals surface area (Å²) in [4.78, 5) is 2.59. The second kappa shape index (κ2) is 7.29. The number of likely N-dealkylation sites (N-methyl/N-ethyl adjacent to an activating group) is 2. The van der Waals surface area contributed by atoms with Crippen LogP contribution in [0, 0.1) is 5.92 Å². The molecule has 96 valence electrons. The lowest BCUT2D eigenvalue weighted by Gasteiger charge is -2.36. The zero-order valence-corrected chi connectivity index (χ0v) is 11.6. The van der Waals surface area contributed by atoms with Crippen molar-refractivity contribution in [2.24, 2.45) is 5.92 Å². The highest BCUT2D eigenvalue weighted by atomic mass is 15.1. The molecule has 1 aliphatic carbocycles. The van der Waals surface area contributed by atoms with Gasteiger partial charge in [-0.15, -0.1) is 0 Å². The molecule has 2 nitrogen and oxygen atoms in total. The maximum Gasteiger partial charge on any atom is 0.0191 e. The van der Waals surface area contributed by atoms with Gasteiger partial charge in [-0.2, -0.15) is 0 Å². The molecule has 0 heterocycles. The van der Waals surface area contributed by atoms with Crippen LogP contribution >= 0.6 is 0 Å². The molecule has 1 aliphatic rings. The smallest absolute Gasteiger partial charge is 0.0191 e. The van der Waals surface area contributed by atoms with Crippen LogP contribution in [0.25, 0.3) is 0 Å². The van der Waals surface area contributed by atoms with Gasteiger partial charge in [0.2, 0.25) is 0 Å². The second-order valence-electron chi connectivity index (χ2n) is 5.64. The van der Waals surface area contributed by atoms with Crippen molar-refractivity contribution in [1.29, 1.82) is 0 Å². The fraction of sp³-hybridized carbons (Fsp3) is 1.00. The van der Waals surface area contributed by atoms with E-state index in [0.29, 0.717) is 6.04 Å². The molecule has 2 heteroatoms. The molecule has 0 aliphatic heterocycles. The Kier molecular flexibility index (Phi) is 6.37. The zero-order chi connectivity index (χ0) is 12.0. The molecular formula is C14H30N2. The largest absolute Gasteiger partial charge is 0.316 e. The monoisotopic (exact) mass is 226 g/mol. The summed E-state index contributed by atoms with van der Waals surface area (Å²) in [6.45, 7) is 5.89. The maximum atomic E-state index is 3.44. The Bertz CT molecular complexity index is 182. The second-order valence-corrected chi connectivity index (χ2v) is 5.64. The normalized spacial score (nSPS) is 28.3. The average molecular weight is 226 g/mol. The van der Waals surface area contributed by atoms with E-state index in [0.717, 1.165) is 12.0 Å². The summed E-state index contributed by atoms with van der Waals surface area (Å²) >= 11 is 0. The summed E-state index contributed by atoms with van der Waals surface area (Å²) < 4.78 is 0. The molecule has 3 unspecified atom stereocenters. The van der Waals surface area contributed by atoms with Crippen molar-refractivity contribution in [3.63, 3.8) is 0 Å². The first kappa shape index (κ1) is 14.0. The Morgan fingerprint density at radius 2 is 2.12 bits per heavy atom. The van der Waals surface area contributed by atoms with Crippen LogP contribution in [0.2, 0.25) is 0 Å². The summed E-state index contributed by atoms with van der Waals surface area (Å²) in [6.07, 6.45) is 8.24. The predicted molar refractivity (Wildman–Crippen MR) is 71.8 cm³/mol. The Morgan fingerprint density at radius 3 is 2.69 bits per heavy atom. The molecule has 1 fully saturated rings. The molecule has 0 aromatic carbocycles. The van der Waals surface area contributed by atoms with Gasteiger partial charge in [-0.1, -0.05) is 33.1 Å². The minimum Gasteiger partial charge on any atom is -0.316 e. The van der Waals surface area contributed by atoms with Gasteiger partial charge in [0.05, 0.1) is 0 Å². The van der Waals surface area contributed by atoms with Crippen molar-refractivity contribution in [3.05, 3.63) is 0 Å². The van der Waals surface area contributed by atoms with E-state index in [9.17, 15) is 0 Å². The first-order chi connectivity index (χ1) is 7.67. The Hall–Kier alpha value is -0.0800. The van der Waals surface area contributed by atoms with Gasteiger partial charge in [-0.25, -0.2) is 0 Å². The minimum atomic E-state index is 0.673. The Morgan fingerprint density at radius 1 is 1.38 bits per heavy atom. The molecule has 3 atom stereocenters. The van der Waals surface area contributed by atoms with Gasteiger partial charge in [0, 0.05) is 18.6 Å². The van der Waals surface area contributed by atoms with E-state index in [1.165, 1.54) is 45.1 Å². The lowest BCUT2D eigenvalue weighted by molar-refractivity contribution is 0.150. The van der Waals surface area contributed by atoms with Gasteiger partial charge < -0.3 is 10.2 Å². The molecule has 0 aromatic heterocycles. The first-order valence-electron chi connectivity index (χ1n) is 7.04. The highest BCUT2D eigenvalue weighted by Gasteiger charge is 2.23. The molecule has 0 bridgehead atoms. The minimum absolute atomic E-state index is 0.673. The lowest BCUT2D eigenvalue weighted by atomic mass is 9.86. The number of nitrogens with zero attached hydrogens (tertiary/aromatic N) is 1. The third-order valence-electron chi connectivity index (χ3n) is 4.09. The molecule has 1 saturated carbocycles. The molecule has 1 N–H and O–H groups in total. The molecule has 1 rings (SSSR count). The number of hydrogen-bond acceptors (Lipinski definition) is 2. The molecule has 0 amide bonds. The van der Waals surface area contributed by atoms with E-state index in [-0.39, 0.29) is 0 Å². The van der Waals surface area contributed by atoms with E-state index in [1.54, 1.807) is 0 Å². The highest BCUT2D eigenvalue weighted by Crippen LogP contribution is 2.26. The molecule has 16 heavy (non-hydrogen) atoms. The van der Waals surface area contributed by atoms with Gasteiger partial charge in [-0.05, 0) is 39.3 Å². The lowest BCUT2D eigenvalue weighted by Crippen LogP contribution is -2.43. The summed E-state index contributed by atoms with van der Waals surface area (Å²) in [5, 5.41) is 3.44. The summed E-state index contributed by atoms with van der Waals surface area (Å²) in [6, 6.07) is 1.50. The molecule has 0 aromatic rings.